The maximum Gasteiger partial charge on any atom is 0.108 e. The monoisotopic (exact) mass is 162 g/mol. The maximum absolute atomic E-state index is 8.86. The average Bonchev–Trinajstić information content (AvgIpc) is 2.15. The molecule has 0 aliphatic rings. The molecule has 0 amide bonds. The van der Waals surface area contributed by atoms with Gasteiger partial charge in [0.25, 0.3) is 0 Å². The van der Waals surface area contributed by atoms with Crippen LogP contribution in [0.3, 0.4) is 0 Å². The van der Waals surface area contributed by atoms with Crippen molar-refractivity contribution in [3.8, 4) is 0 Å². The van der Waals surface area contributed by atoms with E-state index in [4.69, 9.17) is 5.11 Å². The second-order valence-electron chi connectivity index (χ2n) is 2.09. The van der Waals surface area contributed by atoms with E-state index in [-0.39, 0.29) is 18.5 Å². The number of imidazole rings is 1. The van der Waals surface area contributed by atoms with Gasteiger partial charge in [-0.25, -0.2) is 4.98 Å². The SMILES string of the molecule is CC(O)Cc1ncc[nH]1.Cl. The standard InChI is InChI=1S/C6H10N2O.ClH/c1-5(9)4-6-7-2-3-8-6;/h2-3,5,9H,4H2,1H3,(H,7,8);1H. The third-order valence-corrected chi connectivity index (χ3v) is 1.04. The molecule has 0 aromatic carbocycles. The fourth-order valence-corrected chi connectivity index (χ4v) is 0.689. The van der Waals surface area contributed by atoms with E-state index in [1.54, 1.807) is 19.3 Å². The van der Waals surface area contributed by atoms with Crippen LogP contribution in [0.15, 0.2) is 12.4 Å². The van der Waals surface area contributed by atoms with Crippen LogP contribution in [-0.4, -0.2) is 21.2 Å². The number of hydrogen-bond acceptors (Lipinski definition) is 2. The molecule has 58 valence electrons. The van der Waals surface area contributed by atoms with Gasteiger partial charge < -0.3 is 10.1 Å². The molecule has 0 spiro atoms. The van der Waals surface area contributed by atoms with Crippen molar-refractivity contribution in [3.05, 3.63) is 18.2 Å². The zero-order valence-electron chi connectivity index (χ0n) is 5.74. The first kappa shape index (κ1) is 9.46. The number of nitrogens with zero attached hydrogens (tertiary/aromatic N) is 1. The Labute approximate surface area is 65.9 Å². The second kappa shape index (κ2) is 4.30. The Hall–Kier alpha value is -0.540. The Kier molecular flexibility index (Phi) is 4.07. The summed E-state index contributed by atoms with van der Waals surface area (Å²) in [5.74, 6) is 0.838. The largest absolute Gasteiger partial charge is 0.393 e. The predicted molar refractivity (Wildman–Crippen MR) is 41.2 cm³/mol. The summed E-state index contributed by atoms with van der Waals surface area (Å²) in [6, 6.07) is 0. The molecule has 0 radical (unpaired) electrons. The molecular weight excluding hydrogens is 152 g/mol. The van der Waals surface area contributed by atoms with E-state index < -0.39 is 0 Å². The highest BCUT2D eigenvalue weighted by atomic mass is 35.5. The van der Waals surface area contributed by atoms with E-state index in [2.05, 4.69) is 9.97 Å². The molecular formula is C6H11ClN2O. The number of H-pyrrole nitrogens is 1. The second-order valence-corrected chi connectivity index (χ2v) is 2.09. The molecule has 10 heavy (non-hydrogen) atoms. The van der Waals surface area contributed by atoms with E-state index in [0.29, 0.717) is 6.42 Å². The minimum Gasteiger partial charge on any atom is -0.393 e. The van der Waals surface area contributed by atoms with E-state index in [9.17, 15) is 0 Å². The molecule has 0 bridgehead atoms. The number of hydrogen-bond donors (Lipinski definition) is 2. The van der Waals surface area contributed by atoms with Gasteiger partial charge in [-0.2, -0.15) is 0 Å². The highest BCUT2D eigenvalue weighted by molar-refractivity contribution is 5.85. The van der Waals surface area contributed by atoms with Crippen molar-refractivity contribution >= 4 is 12.4 Å². The van der Waals surface area contributed by atoms with Crippen LogP contribution in [0.5, 0.6) is 0 Å². The first-order valence-electron chi connectivity index (χ1n) is 2.95. The summed E-state index contributed by atoms with van der Waals surface area (Å²) >= 11 is 0. The first-order valence-corrected chi connectivity index (χ1v) is 2.95. The number of rotatable bonds is 2. The zero-order chi connectivity index (χ0) is 6.69. The van der Waals surface area contributed by atoms with Crippen LogP contribution >= 0.6 is 12.4 Å². The Morgan fingerprint density at radius 1 is 1.80 bits per heavy atom. The van der Waals surface area contributed by atoms with Gasteiger partial charge in [-0.15, -0.1) is 12.4 Å². The van der Waals surface area contributed by atoms with Crippen LogP contribution in [-0.2, 0) is 6.42 Å². The highest BCUT2D eigenvalue weighted by Crippen LogP contribution is 1.93. The van der Waals surface area contributed by atoms with E-state index in [1.165, 1.54) is 0 Å². The highest BCUT2D eigenvalue weighted by Gasteiger charge is 1.98. The fraction of sp³-hybridized carbons (Fsp3) is 0.500. The van der Waals surface area contributed by atoms with Gasteiger partial charge in [-0.3, -0.25) is 0 Å². The van der Waals surface area contributed by atoms with Gasteiger partial charge in [-0.05, 0) is 6.92 Å². The summed E-state index contributed by atoms with van der Waals surface area (Å²) in [6.45, 7) is 1.74. The van der Waals surface area contributed by atoms with Gasteiger partial charge in [0.15, 0.2) is 0 Å². The van der Waals surface area contributed by atoms with Crippen LogP contribution in [0.25, 0.3) is 0 Å². The third kappa shape index (κ3) is 2.85. The summed E-state index contributed by atoms with van der Waals surface area (Å²) in [5.41, 5.74) is 0. The number of aliphatic hydroxyl groups excluding tert-OH is 1. The molecule has 0 fully saturated rings. The van der Waals surface area contributed by atoms with Crippen molar-refractivity contribution in [2.45, 2.75) is 19.4 Å². The summed E-state index contributed by atoms with van der Waals surface area (Å²) < 4.78 is 0. The molecule has 1 rings (SSSR count). The van der Waals surface area contributed by atoms with Crippen LogP contribution in [0, 0.1) is 0 Å². The van der Waals surface area contributed by atoms with Crippen LogP contribution in [0.4, 0.5) is 0 Å². The van der Waals surface area contributed by atoms with Gasteiger partial charge in [0, 0.05) is 18.8 Å². The topological polar surface area (TPSA) is 48.9 Å². The van der Waals surface area contributed by atoms with Gasteiger partial charge in [-0.1, -0.05) is 0 Å². The number of nitrogens with one attached hydrogen (secondary N) is 1. The van der Waals surface area contributed by atoms with Crippen LogP contribution in [0.1, 0.15) is 12.7 Å². The van der Waals surface area contributed by atoms with Crippen molar-refractivity contribution < 1.29 is 5.11 Å². The lowest BCUT2D eigenvalue weighted by Gasteiger charge is -1.97. The summed E-state index contributed by atoms with van der Waals surface area (Å²) in [4.78, 5) is 6.84. The number of aliphatic hydroxyl groups is 1. The molecule has 1 unspecified atom stereocenters. The smallest absolute Gasteiger partial charge is 0.108 e. The molecule has 0 saturated heterocycles. The van der Waals surface area contributed by atoms with Crippen molar-refractivity contribution in [1.82, 2.24) is 9.97 Å². The summed E-state index contributed by atoms with van der Waals surface area (Å²) in [7, 11) is 0. The Bertz CT molecular complexity index is 162. The normalized spacial score (nSPS) is 12.2. The lowest BCUT2D eigenvalue weighted by atomic mass is 10.3. The van der Waals surface area contributed by atoms with Gasteiger partial charge in [0.1, 0.15) is 5.82 Å². The van der Waals surface area contributed by atoms with Gasteiger partial charge >= 0.3 is 0 Å². The van der Waals surface area contributed by atoms with Crippen molar-refractivity contribution in [2.24, 2.45) is 0 Å². The van der Waals surface area contributed by atoms with E-state index >= 15 is 0 Å². The van der Waals surface area contributed by atoms with Crippen molar-refractivity contribution in [3.63, 3.8) is 0 Å². The number of aromatic amines is 1. The Morgan fingerprint density at radius 2 is 2.50 bits per heavy atom. The minimum atomic E-state index is -0.309. The Balaban J connectivity index is 0.000000810. The van der Waals surface area contributed by atoms with Crippen molar-refractivity contribution in [2.75, 3.05) is 0 Å². The molecule has 3 nitrogen and oxygen atoms in total. The molecule has 4 heteroatoms. The molecule has 1 aromatic rings. The number of halogens is 1. The van der Waals surface area contributed by atoms with Gasteiger partial charge in [0.05, 0.1) is 6.10 Å². The molecule has 0 saturated carbocycles. The lowest BCUT2D eigenvalue weighted by molar-refractivity contribution is 0.193. The van der Waals surface area contributed by atoms with E-state index in [1.807, 2.05) is 0 Å². The summed E-state index contributed by atoms with van der Waals surface area (Å²) in [6.07, 6.45) is 3.72. The fourth-order valence-electron chi connectivity index (χ4n) is 0.689. The summed E-state index contributed by atoms with van der Waals surface area (Å²) in [5, 5.41) is 8.86. The van der Waals surface area contributed by atoms with Crippen molar-refractivity contribution in [1.29, 1.82) is 0 Å². The lowest BCUT2D eigenvalue weighted by Crippen LogP contribution is -2.05. The van der Waals surface area contributed by atoms with Crippen LogP contribution in [0.2, 0.25) is 0 Å². The average molecular weight is 163 g/mol. The molecule has 1 heterocycles. The predicted octanol–water partition coefficient (Wildman–Crippen LogP) is 0.755. The van der Waals surface area contributed by atoms with Gasteiger partial charge in [0.2, 0.25) is 0 Å². The molecule has 1 aromatic heterocycles. The molecule has 0 aliphatic heterocycles. The maximum atomic E-state index is 8.86. The third-order valence-electron chi connectivity index (χ3n) is 1.04. The Morgan fingerprint density at radius 3 is 2.90 bits per heavy atom. The molecule has 2 N–H and O–H groups in total. The minimum absolute atomic E-state index is 0. The zero-order valence-corrected chi connectivity index (χ0v) is 6.56. The van der Waals surface area contributed by atoms with Crippen LogP contribution < -0.4 is 0 Å². The first-order chi connectivity index (χ1) is 4.29. The molecule has 0 aliphatic carbocycles. The van der Waals surface area contributed by atoms with E-state index in [0.717, 1.165) is 5.82 Å². The quantitative estimate of drug-likeness (QED) is 0.675. The molecule has 1 atom stereocenters. The number of aromatic nitrogens is 2.